The predicted octanol–water partition coefficient (Wildman–Crippen LogP) is 4.67. The molecule has 0 aliphatic rings. The number of hydrogen-bond acceptors (Lipinski definition) is 2. The molecular weight excluding hydrogens is 375 g/mol. The number of halogens is 2. The van der Waals surface area contributed by atoms with Crippen LogP contribution in [0.4, 0.5) is 0 Å². The highest BCUT2D eigenvalue weighted by Crippen LogP contribution is 2.35. The van der Waals surface area contributed by atoms with Gasteiger partial charge in [-0.15, -0.1) is 11.3 Å². The van der Waals surface area contributed by atoms with Gasteiger partial charge in [-0.05, 0) is 57.6 Å². The van der Waals surface area contributed by atoms with Gasteiger partial charge in [-0.3, -0.25) is 0 Å². The van der Waals surface area contributed by atoms with Gasteiger partial charge in [-0.25, -0.2) is 0 Å². The molecule has 0 radical (unpaired) electrons. The van der Waals surface area contributed by atoms with Crippen LogP contribution >= 0.6 is 49.9 Å². The van der Waals surface area contributed by atoms with Crippen molar-refractivity contribution in [2.24, 2.45) is 0 Å². The summed E-state index contributed by atoms with van der Waals surface area (Å²) in [6, 6.07) is 4.22. The molecule has 2 aromatic rings. The lowest BCUT2D eigenvalue weighted by molar-refractivity contribution is 0.338. The number of rotatable bonds is 2. The van der Waals surface area contributed by atoms with Gasteiger partial charge >= 0.3 is 0 Å². The summed E-state index contributed by atoms with van der Waals surface area (Å²) in [6.45, 7) is 2.70. The van der Waals surface area contributed by atoms with Crippen LogP contribution in [0.25, 0.3) is 10.1 Å². The van der Waals surface area contributed by atoms with Crippen molar-refractivity contribution in [3.05, 3.63) is 25.6 Å². The van der Waals surface area contributed by atoms with Crippen LogP contribution in [0.5, 0.6) is 5.75 Å². The fourth-order valence-electron chi connectivity index (χ4n) is 1.26. The molecular formula is C10H8BrIOS. The molecule has 2 rings (SSSR count). The van der Waals surface area contributed by atoms with Crippen LogP contribution in [-0.2, 0) is 0 Å². The maximum absolute atomic E-state index is 5.51. The number of hydrogen-bond donors (Lipinski definition) is 0. The van der Waals surface area contributed by atoms with E-state index in [-0.39, 0.29) is 0 Å². The van der Waals surface area contributed by atoms with Crippen LogP contribution in [0.15, 0.2) is 22.0 Å². The number of ether oxygens (including phenoxy) is 1. The van der Waals surface area contributed by atoms with Crippen molar-refractivity contribution >= 4 is 59.9 Å². The van der Waals surface area contributed by atoms with Gasteiger partial charge in [0.15, 0.2) is 0 Å². The molecule has 0 fully saturated rings. The molecule has 0 amide bonds. The molecule has 0 aliphatic carbocycles. The molecule has 74 valence electrons. The predicted molar refractivity (Wildman–Crippen MR) is 73.4 cm³/mol. The Bertz CT molecular complexity index is 466. The van der Waals surface area contributed by atoms with E-state index in [1.54, 1.807) is 11.3 Å². The van der Waals surface area contributed by atoms with Gasteiger partial charge in [0.1, 0.15) is 5.75 Å². The molecule has 1 aromatic heterocycles. The largest absolute Gasteiger partial charge is 0.493 e. The smallest absolute Gasteiger partial charge is 0.134 e. The third-order valence-electron chi connectivity index (χ3n) is 1.88. The van der Waals surface area contributed by atoms with Gasteiger partial charge in [0, 0.05) is 19.0 Å². The van der Waals surface area contributed by atoms with Crippen LogP contribution in [-0.4, -0.2) is 6.61 Å². The Morgan fingerprint density at radius 2 is 2.29 bits per heavy atom. The van der Waals surface area contributed by atoms with Gasteiger partial charge in [0.2, 0.25) is 0 Å². The molecule has 14 heavy (non-hydrogen) atoms. The van der Waals surface area contributed by atoms with Crippen molar-refractivity contribution in [1.29, 1.82) is 0 Å². The second-order valence-corrected chi connectivity index (χ2v) is 5.72. The van der Waals surface area contributed by atoms with Crippen LogP contribution in [0.1, 0.15) is 6.92 Å². The molecule has 0 saturated heterocycles. The first-order valence-corrected chi connectivity index (χ1v) is 6.96. The van der Waals surface area contributed by atoms with Crippen LogP contribution in [0.3, 0.4) is 0 Å². The molecule has 0 bridgehead atoms. The highest BCUT2D eigenvalue weighted by molar-refractivity contribution is 14.1. The Morgan fingerprint density at radius 1 is 1.50 bits per heavy atom. The quantitative estimate of drug-likeness (QED) is 0.686. The van der Waals surface area contributed by atoms with Gasteiger partial charge < -0.3 is 4.74 Å². The lowest BCUT2D eigenvalue weighted by atomic mass is 10.2. The maximum atomic E-state index is 5.51. The highest BCUT2D eigenvalue weighted by atomic mass is 127. The van der Waals surface area contributed by atoms with Gasteiger partial charge in [0.05, 0.1) is 11.1 Å². The highest BCUT2D eigenvalue weighted by Gasteiger charge is 2.07. The lowest BCUT2D eigenvalue weighted by Gasteiger charge is -2.05. The molecule has 1 heterocycles. The van der Waals surface area contributed by atoms with Crippen LogP contribution < -0.4 is 4.74 Å². The zero-order valence-electron chi connectivity index (χ0n) is 7.51. The fourth-order valence-corrected chi connectivity index (χ4v) is 3.56. The first-order valence-electron chi connectivity index (χ1n) is 4.21. The van der Waals surface area contributed by atoms with Gasteiger partial charge in [0.25, 0.3) is 0 Å². The molecule has 0 atom stereocenters. The second kappa shape index (κ2) is 4.37. The Balaban J connectivity index is 2.60. The van der Waals surface area contributed by atoms with E-state index in [0.717, 1.165) is 10.2 Å². The zero-order valence-corrected chi connectivity index (χ0v) is 12.1. The van der Waals surface area contributed by atoms with E-state index in [1.165, 1.54) is 13.7 Å². The third-order valence-corrected chi connectivity index (χ3v) is 4.76. The Morgan fingerprint density at radius 3 is 3.00 bits per heavy atom. The summed E-state index contributed by atoms with van der Waals surface area (Å²) in [5, 5.41) is 3.46. The summed E-state index contributed by atoms with van der Waals surface area (Å²) >= 11 is 7.62. The standard InChI is InChI=1S/C10H8BrIOS/c1-2-13-9-4-10-6(3-7(9)11)8(12)5-14-10/h3-5H,2H2,1H3. The van der Waals surface area contributed by atoms with Crippen molar-refractivity contribution in [3.8, 4) is 5.75 Å². The summed E-state index contributed by atoms with van der Waals surface area (Å²) in [5.41, 5.74) is 0. The minimum atomic E-state index is 0.701. The normalized spacial score (nSPS) is 10.8. The SMILES string of the molecule is CCOc1cc2scc(I)c2cc1Br. The monoisotopic (exact) mass is 382 g/mol. The van der Waals surface area contributed by atoms with Crippen molar-refractivity contribution in [3.63, 3.8) is 0 Å². The summed E-state index contributed by atoms with van der Waals surface area (Å²) in [5.74, 6) is 0.929. The Hall–Kier alpha value is 0.190. The van der Waals surface area contributed by atoms with E-state index in [2.05, 4.69) is 56.0 Å². The summed E-state index contributed by atoms with van der Waals surface area (Å²) in [7, 11) is 0. The topological polar surface area (TPSA) is 9.23 Å². The molecule has 4 heteroatoms. The summed E-state index contributed by atoms with van der Waals surface area (Å²) < 4.78 is 9.12. The average molecular weight is 383 g/mol. The average Bonchev–Trinajstić information content (AvgIpc) is 2.50. The van der Waals surface area contributed by atoms with Crippen molar-refractivity contribution in [2.75, 3.05) is 6.61 Å². The van der Waals surface area contributed by atoms with E-state index in [0.29, 0.717) is 6.61 Å². The molecule has 1 aromatic carbocycles. The van der Waals surface area contributed by atoms with Crippen molar-refractivity contribution in [1.82, 2.24) is 0 Å². The van der Waals surface area contributed by atoms with Crippen molar-refractivity contribution < 1.29 is 4.74 Å². The molecule has 0 saturated carbocycles. The maximum Gasteiger partial charge on any atom is 0.134 e. The third kappa shape index (κ3) is 1.92. The number of fused-ring (bicyclic) bond motifs is 1. The molecule has 0 spiro atoms. The van der Waals surface area contributed by atoms with E-state index in [1.807, 2.05) is 6.92 Å². The zero-order chi connectivity index (χ0) is 10.1. The van der Waals surface area contributed by atoms with E-state index < -0.39 is 0 Å². The Kier molecular flexibility index (Phi) is 3.34. The number of benzene rings is 1. The molecule has 0 N–H and O–H groups in total. The fraction of sp³-hybridized carbons (Fsp3) is 0.200. The van der Waals surface area contributed by atoms with E-state index in [9.17, 15) is 0 Å². The van der Waals surface area contributed by atoms with E-state index >= 15 is 0 Å². The van der Waals surface area contributed by atoms with Gasteiger partial charge in [-0.2, -0.15) is 0 Å². The summed E-state index contributed by atoms with van der Waals surface area (Å²) in [4.78, 5) is 0. The first kappa shape index (κ1) is 10.7. The number of thiophene rings is 1. The molecule has 1 nitrogen and oxygen atoms in total. The molecule has 0 unspecified atom stereocenters. The second-order valence-electron chi connectivity index (χ2n) is 2.80. The molecule has 0 aliphatic heterocycles. The van der Waals surface area contributed by atoms with E-state index in [4.69, 9.17) is 4.74 Å². The van der Waals surface area contributed by atoms with Crippen molar-refractivity contribution in [2.45, 2.75) is 6.92 Å². The summed E-state index contributed by atoms with van der Waals surface area (Å²) in [6.07, 6.45) is 0. The minimum absolute atomic E-state index is 0.701. The van der Waals surface area contributed by atoms with Crippen LogP contribution in [0.2, 0.25) is 0 Å². The first-order chi connectivity index (χ1) is 6.72. The lowest BCUT2D eigenvalue weighted by Crippen LogP contribution is -1.91. The van der Waals surface area contributed by atoms with Gasteiger partial charge in [-0.1, -0.05) is 0 Å². The minimum Gasteiger partial charge on any atom is -0.493 e. The Labute approximate surface area is 109 Å². The van der Waals surface area contributed by atoms with Crippen LogP contribution in [0, 0.1) is 3.57 Å².